The molecule has 1 unspecified atom stereocenters. The quantitative estimate of drug-likeness (QED) is 0.501. The van der Waals surface area contributed by atoms with Gasteiger partial charge in [0.15, 0.2) is 20.8 Å². The molecule has 0 aromatic carbocycles. The van der Waals surface area contributed by atoms with Gasteiger partial charge >= 0.3 is 0 Å². The molecule has 2 aliphatic rings. The largest absolute Gasteiger partial charge is 0.461 e. The second-order valence-corrected chi connectivity index (χ2v) is 11.9. The average Bonchev–Trinajstić information content (AvgIpc) is 3.52. The van der Waals surface area contributed by atoms with Crippen LogP contribution in [0.5, 0.6) is 0 Å². The maximum Gasteiger partial charge on any atom is 0.233 e. The number of carbonyl (C=O) groups excluding carboxylic acids is 1. The molecule has 2 aromatic rings. The highest BCUT2D eigenvalue weighted by Crippen LogP contribution is 2.36. The van der Waals surface area contributed by atoms with Crippen LogP contribution < -0.4 is 0 Å². The van der Waals surface area contributed by atoms with Gasteiger partial charge < -0.3 is 9.32 Å². The summed E-state index contributed by atoms with van der Waals surface area (Å²) in [6.45, 7) is 2.68. The van der Waals surface area contributed by atoms with Crippen LogP contribution in [0.25, 0.3) is 11.6 Å². The zero-order chi connectivity index (χ0) is 22.6. The van der Waals surface area contributed by atoms with E-state index in [0.29, 0.717) is 30.6 Å². The number of aromatic nitrogens is 3. The van der Waals surface area contributed by atoms with Gasteiger partial charge in [-0.2, -0.15) is 0 Å². The Morgan fingerprint density at radius 2 is 2.06 bits per heavy atom. The van der Waals surface area contributed by atoms with E-state index in [4.69, 9.17) is 4.42 Å². The van der Waals surface area contributed by atoms with E-state index >= 15 is 0 Å². The standard InChI is InChI=1S/C22H32N4O4S2/c1-2-3-12-25(18-11-14-32(28,29)16-18)20(27)15-31-22-24-23-21(19-10-7-13-30-19)26(22)17-8-5-4-6-9-17/h7,10,13,17-18H,2-6,8-9,11-12,14-16H2,1H3. The number of hydrogen-bond acceptors (Lipinski definition) is 7. The lowest BCUT2D eigenvalue weighted by atomic mass is 9.95. The number of amides is 1. The molecule has 1 aliphatic carbocycles. The molecule has 2 fully saturated rings. The van der Waals surface area contributed by atoms with Crippen molar-refractivity contribution in [2.24, 2.45) is 0 Å². The molecule has 8 nitrogen and oxygen atoms in total. The predicted octanol–water partition coefficient (Wildman–Crippen LogP) is 3.95. The topological polar surface area (TPSA) is 98.3 Å². The minimum atomic E-state index is -3.05. The number of nitrogens with zero attached hydrogens (tertiary/aromatic N) is 4. The Hall–Kier alpha value is -1.81. The van der Waals surface area contributed by atoms with Crippen LogP contribution in [0.15, 0.2) is 28.0 Å². The Balaban J connectivity index is 1.51. The molecule has 2 aromatic heterocycles. The molecule has 10 heteroatoms. The van der Waals surface area contributed by atoms with Crippen LogP contribution in [-0.2, 0) is 14.6 Å². The summed E-state index contributed by atoms with van der Waals surface area (Å²) in [6, 6.07) is 3.81. The van der Waals surface area contributed by atoms with Crippen LogP contribution in [0.1, 0.15) is 64.3 Å². The van der Waals surface area contributed by atoms with E-state index in [2.05, 4.69) is 21.7 Å². The minimum Gasteiger partial charge on any atom is -0.461 e. The maximum absolute atomic E-state index is 13.2. The van der Waals surface area contributed by atoms with Crippen molar-refractivity contribution < 1.29 is 17.6 Å². The summed E-state index contributed by atoms with van der Waals surface area (Å²) in [4.78, 5) is 15.0. The Morgan fingerprint density at radius 3 is 2.72 bits per heavy atom. The highest BCUT2D eigenvalue weighted by atomic mass is 32.2. The molecular weight excluding hydrogens is 448 g/mol. The SMILES string of the molecule is CCCCN(C(=O)CSc1nnc(-c2ccco2)n1C1CCCCC1)C1CCS(=O)(=O)C1. The summed E-state index contributed by atoms with van der Waals surface area (Å²) in [5, 5.41) is 9.54. The fourth-order valence-electron chi connectivity index (χ4n) is 4.69. The molecule has 176 valence electrons. The van der Waals surface area contributed by atoms with Crippen LogP contribution in [0, 0.1) is 0 Å². The van der Waals surface area contributed by atoms with Gasteiger partial charge in [0.25, 0.3) is 0 Å². The summed E-state index contributed by atoms with van der Waals surface area (Å²) >= 11 is 1.39. The van der Waals surface area contributed by atoms with E-state index in [1.54, 1.807) is 11.2 Å². The van der Waals surface area contributed by atoms with Gasteiger partial charge in [-0.25, -0.2) is 8.42 Å². The minimum absolute atomic E-state index is 0.0247. The number of hydrogen-bond donors (Lipinski definition) is 0. The first-order valence-electron chi connectivity index (χ1n) is 11.6. The molecule has 1 aliphatic heterocycles. The van der Waals surface area contributed by atoms with Gasteiger partial charge in [-0.05, 0) is 37.8 Å². The third-order valence-electron chi connectivity index (χ3n) is 6.39. The Bertz CT molecular complexity index is 997. The van der Waals surface area contributed by atoms with Crippen molar-refractivity contribution in [3.8, 4) is 11.6 Å². The second kappa shape index (κ2) is 10.4. The van der Waals surface area contributed by atoms with Crippen LogP contribution >= 0.6 is 11.8 Å². The molecule has 1 atom stereocenters. The van der Waals surface area contributed by atoms with Crippen molar-refractivity contribution in [1.29, 1.82) is 0 Å². The number of unbranched alkanes of at least 4 members (excludes halogenated alkanes) is 1. The van der Waals surface area contributed by atoms with Crippen molar-refractivity contribution in [2.75, 3.05) is 23.8 Å². The monoisotopic (exact) mass is 480 g/mol. The summed E-state index contributed by atoms with van der Waals surface area (Å²) in [6.07, 6.45) is 9.70. The average molecular weight is 481 g/mol. The molecule has 0 bridgehead atoms. The number of thioether (sulfide) groups is 1. The first-order valence-corrected chi connectivity index (χ1v) is 14.4. The van der Waals surface area contributed by atoms with Gasteiger partial charge in [0.05, 0.1) is 23.5 Å². The zero-order valence-electron chi connectivity index (χ0n) is 18.6. The predicted molar refractivity (Wildman–Crippen MR) is 124 cm³/mol. The molecule has 0 radical (unpaired) electrons. The third-order valence-corrected chi connectivity index (χ3v) is 9.07. The maximum atomic E-state index is 13.2. The first-order chi connectivity index (χ1) is 15.5. The van der Waals surface area contributed by atoms with Crippen LogP contribution in [0.4, 0.5) is 0 Å². The van der Waals surface area contributed by atoms with Crippen molar-refractivity contribution >= 4 is 27.5 Å². The number of rotatable bonds is 9. The smallest absolute Gasteiger partial charge is 0.233 e. The van der Waals surface area contributed by atoms with E-state index in [9.17, 15) is 13.2 Å². The van der Waals surface area contributed by atoms with Gasteiger partial charge in [-0.15, -0.1) is 10.2 Å². The summed E-state index contributed by atoms with van der Waals surface area (Å²) in [7, 11) is -3.05. The van der Waals surface area contributed by atoms with Crippen molar-refractivity contribution in [1.82, 2.24) is 19.7 Å². The van der Waals surface area contributed by atoms with Crippen molar-refractivity contribution in [3.05, 3.63) is 18.4 Å². The molecule has 1 saturated heterocycles. The molecule has 0 spiro atoms. The lowest BCUT2D eigenvalue weighted by molar-refractivity contribution is -0.130. The lowest BCUT2D eigenvalue weighted by Gasteiger charge is -2.28. The molecule has 1 amide bonds. The molecule has 4 rings (SSSR count). The highest BCUT2D eigenvalue weighted by Gasteiger charge is 2.34. The van der Waals surface area contributed by atoms with Gasteiger partial charge in [0, 0.05) is 18.6 Å². The summed E-state index contributed by atoms with van der Waals surface area (Å²) in [5.74, 6) is 1.84. The Morgan fingerprint density at radius 1 is 1.25 bits per heavy atom. The molecule has 32 heavy (non-hydrogen) atoms. The molecular formula is C22H32N4O4S2. The normalized spacial score (nSPS) is 21.1. The van der Waals surface area contributed by atoms with E-state index in [0.717, 1.165) is 30.8 Å². The van der Waals surface area contributed by atoms with Crippen LogP contribution in [0.2, 0.25) is 0 Å². The summed E-state index contributed by atoms with van der Waals surface area (Å²) in [5.41, 5.74) is 0. The van der Waals surface area contributed by atoms with Crippen LogP contribution in [0.3, 0.4) is 0 Å². The third kappa shape index (κ3) is 5.39. The van der Waals surface area contributed by atoms with E-state index < -0.39 is 9.84 Å². The van der Waals surface area contributed by atoms with E-state index in [1.807, 2.05) is 12.1 Å². The zero-order valence-corrected chi connectivity index (χ0v) is 20.2. The molecule has 3 heterocycles. The van der Waals surface area contributed by atoms with Gasteiger partial charge in [0.1, 0.15) is 0 Å². The molecule has 1 saturated carbocycles. The van der Waals surface area contributed by atoms with Gasteiger partial charge in [-0.3, -0.25) is 9.36 Å². The highest BCUT2D eigenvalue weighted by molar-refractivity contribution is 7.99. The van der Waals surface area contributed by atoms with Crippen LogP contribution in [-0.4, -0.2) is 63.8 Å². The Labute approximate surface area is 194 Å². The number of sulfone groups is 1. The Kier molecular flexibility index (Phi) is 7.60. The van der Waals surface area contributed by atoms with E-state index in [-0.39, 0.29) is 29.2 Å². The summed E-state index contributed by atoms with van der Waals surface area (Å²) < 4.78 is 31.7. The van der Waals surface area contributed by atoms with Gasteiger partial charge in [0.2, 0.25) is 11.7 Å². The number of furan rings is 1. The fraction of sp³-hybridized carbons (Fsp3) is 0.682. The lowest BCUT2D eigenvalue weighted by Crippen LogP contribution is -2.42. The number of carbonyl (C=O) groups is 1. The van der Waals surface area contributed by atoms with Crippen molar-refractivity contribution in [2.45, 2.75) is 75.5 Å². The van der Waals surface area contributed by atoms with E-state index in [1.165, 1.54) is 31.0 Å². The molecule has 0 N–H and O–H groups in total. The fourth-order valence-corrected chi connectivity index (χ4v) is 7.31. The van der Waals surface area contributed by atoms with Crippen molar-refractivity contribution in [3.63, 3.8) is 0 Å². The first kappa shape index (κ1) is 23.4. The van der Waals surface area contributed by atoms with Gasteiger partial charge in [-0.1, -0.05) is 44.4 Å². The second-order valence-electron chi connectivity index (χ2n) is 8.73.